The Kier molecular flexibility index (Phi) is 6.49. The third kappa shape index (κ3) is 5.13. The average molecular weight is 394 g/mol. The van der Waals surface area contributed by atoms with Gasteiger partial charge in [0.2, 0.25) is 5.91 Å². The molecule has 152 valence electrons. The van der Waals surface area contributed by atoms with Crippen molar-refractivity contribution in [1.82, 2.24) is 10.6 Å². The van der Waals surface area contributed by atoms with Gasteiger partial charge in [-0.3, -0.25) is 14.5 Å². The normalized spacial score (nSPS) is 14.3. The first-order valence-corrected chi connectivity index (χ1v) is 9.81. The number of carbonyl (C=O) groups excluding carboxylic acids is 3. The lowest BCUT2D eigenvalue weighted by molar-refractivity contribution is -0.119. The third-order valence-corrected chi connectivity index (χ3v) is 5.01. The zero-order valence-electron chi connectivity index (χ0n) is 16.7. The van der Waals surface area contributed by atoms with Crippen LogP contribution in [0.1, 0.15) is 36.2 Å². The summed E-state index contributed by atoms with van der Waals surface area (Å²) in [4.78, 5) is 37.8. The summed E-state index contributed by atoms with van der Waals surface area (Å²) in [6.45, 7) is 5.46. The number of amides is 4. The minimum atomic E-state index is -0.198. The van der Waals surface area contributed by atoms with E-state index in [1.165, 1.54) is 0 Å². The molecule has 1 aliphatic heterocycles. The number of urea groups is 1. The van der Waals surface area contributed by atoms with E-state index in [2.05, 4.69) is 16.0 Å². The molecule has 1 saturated heterocycles. The molecular weight excluding hydrogens is 368 g/mol. The van der Waals surface area contributed by atoms with Crippen LogP contribution in [-0.4, -0.2) is 30.9 Å². The van der Waals surface area contributed by atoms with Gasteiger partial charge in [-0.05, 0) is 48.4 Å². The molecule has 2 aromatic rings. The van der Waals surface area contributed by atoms with Gasteiger partial charge in [-0.15, -0.1) is 0 Å². The highest BCUT2D eigenvalue weighted by atomic mass is 16.2. The van der Waals surface area contributed by atoms with Gasteiger partial charge in [-0.1, -0.05) is 26.0 Å². The molecule has 1 unspecified atom stereocenters. The number of hydrogen-bond donors (Lipinski definition) is 3. The molecule has 1 atom stereocenters. The number of anilines is 2. The van der Waals surface area contributed by atoms with Crippen molar-refractivity contribution in [2.75, 3.05) is 23.3 Å². The van der Waals surface area contributed by atoms with Gasteiger partial charge >= 0.3 is 6.03 Å². The Bertz CT molecular complexity index is 895. The second kappa shape index (κ2) is 9.23. The SMILES string of the molecule is CCC(C)C(=O)Nc1cccc(CNC(=O)c2ccc(N3CCNC3=O)cc2)c1. The van der Waals surface area contributed by atoms with E-state index in [4.69, 9.17) is 0 Å². The summed E-state index contributed by atoms with van der Waals surface area (Å²) < 4.78 is 0. The van der Waals surface area contributed by atoms with E-state index < -0.39 is 0 Å². The van der Waals surface area contributed by atoms with Gasteiger partial charge in [0, 0.05) is 42.5 Å². The van der Waals surface area contributed by atoms with E-state index in [0.29, 0.717) is 25.2 Å². The lowest BCUT2D eigenvalue weighted by Crippen LogP contribution is -2.28. The molecule has 0 aliphatic carbocycles. The predicted octanol–water partition coefficient (Wildman–Crippen LogP) is 3.13. The molecule has 3 rings (SSSR count). The number of hydrogen-bond acceptors (Lipinski definition) is 3. The van der Waals surface area contributed by atoms with Gasteiger partial charge in [0.05, 0.1) is 0 Å². The fourth-order valence-electron chi connectivity index (χ4n) is 3.01. The molecule has 7 heteroatoms. The monoisotopic (exact) mass is 394 g/mol. The maximum atomic E-state index is 12.4. The third-order valence-electron chi connectivity index (χ3n) is 5.01. The highest BCUT2D eigenvalue weighted by molar-refractivity contribution is 5.97. The number of nitrogens with one attached hydrogen (secondary N) is 3. The van der Waals surface area contributed by atoms with Crippen molar-refractivity contribution in [2.45, 2.75) is 26.8 Å². The first-order chi connectivity index (χ1) is 14.0. The molecule has 4 amide bonds. The molecule has 1 heterocycles. The van der Waals surface area contributed by atoms with E-state index in [0.717, 1.165) is 23.4 Å². The number of nitrogens with zero attached hydrogens (tertiary/aromatic N) is 1. The van der Waals surface area contributed by atoms with Gasteiger partial charge in [0.15, 0.2) is 0 Å². The van der Waals surface area contributed by atoms with Crippen LogP contribution in [0.2, 0.25) is 0 Å². The summed E-state index contributed by atoms with van der Waals surface area (Å²) in [6, 6.07) is 14.3. The first-order valence-electron chi connectivity index (χ1n) is 9.81. The molecule has 2 aromatic carbocycles. The van der Waals surface area contributed by atoms with Crippen molar-refractivity contribution in [1.29, 1.82) is 0 Å². The minimum absolute atomic E-state index is 0.0135. The molecule has 0 bridgehead atoms. The highest BCUT2D eigenvalue weighted by Gasteiger charge is 2.21. The molecule has 0 saturated carbocycles. The van der Waals surface area contributed by atoms with Crippen LogP contribution in [0.25, 0.3) is 0 Å². The van der Waals surface area contributed by atoms with Crippen LogP contribution in [0.3, 0.4) is 0 Å². The molecule has 7 nitrogen and oxygen atoms in total. The van der Waals surface area contributed by atoms with E-state index in [9.17, 15) is 14.4 Å². The first kappa shape index (κ1) is 20.4. The molecule has 0 radical (unpaired) electrons. The minimum Gasteiger partial charge on any atom is -0.348 e. The van der Waals surface area contributed by atoms with Gasteiger partial charge < -0.3 is 16.0 Å². The zero-order valence-corrected chi connectivity index (χ0v) is 16.7. The second-order valence-electron chi connectivity index (χ2n) is 7.11. The van der Waals surface area contributed by atoms with Crippen LogP contribution >= 0.6 is 0 Å². The Morgan fingerprint density at radius 2 is 1.93 bits per heavy atom. The summed E-state index contributed by atoms with van der Waals surface area (Å²) in [7, 11) is 0. The van der Waals surface area contributed by atoms with E-state index in [1.54, 1.807) is 29.2 Å². The van der Waals surface area contributed by atoms with Gasteiger partial charge in [-0.25, -0.2) is 4.79 Å². The fourth-order valence-corrected chi connectivity index (χ4v) is 3.01. The lowest BCUT2D eigenvalue weighted by atomic mass is 10.1. The van der Waals surface area contributed by atoms with Crippen molar-refractivity contribution < 1.29 is 14.4 Å². The van der Waals surface area contributed by atoms with Crippen molar-refractivity contribution in [3.63, 3.8) is 0 Å². The predicted molar refractivity (Wildman–Crippen MR) is 113 cm³/mol. The summed E-state index contributed by atoms with van der Waals surface area (Å²) in [5.41, 5.74) is 2.90. The van der Waals surface area contributed by atoms with Gasteiger partial charge in [-0.2, -0.15) is 0 Å². The number of rotatable bonds is 7. The van der Waals surface area contributed by atoms with E-state index >= 15 is 0 Å². The van der Waals surface area contributed by atoms with Crippen LogP contribution in [-0.2, 0) is 11.3 Å². The molecule has 1 fully saturated rings. The number of benzene rings is 2. The Hall–Kier alpha value is -3.35. The van der Waals surface area contributed by atoms with Crippen LogP contribution in [0.4, 0.5) is 16.2 Å². The quantitative estimate of drug-likeness (QED) is 0.674. The zero-order chi connectivity index (χ0) is 20.8. The smallest absolute Gasteiger partial charge is 0.321 e. The van der Waals surface area contributed by atoms with Crippen LogP contribution in [0, 0.1) is 5.92 Å². The van der Waals surface area contributed by atoms with Crippen molar-refractivity contribution >= 4 is 29.2 Å². The standard InChI is InChI=1S/C22H26N4O3/c1-3-15(2)20(27)25-18-6-4-5-16(13-18)14-24-21(28)17-7-9-19(10-8-17)26-12-11-23-22(26)29/h4-10,13,15H,3,11-12,14H2,1-2H3,(H,23,29)(H,24,28)(H,25,27). The largest absolute Gasteiger partial charge is 0.348 e. The van der Waals surface area contributed by atoms with Crippen molar-refractivity contribution in [2.24, 2.45) is 5.92 Å². The highest BCUT2D eigenvalue weighted by Crippen LogP contribution is 2.18. The summed E-state index contributed by atoms with van der Waals surface area (Å²) >= 11 is 0. The van der Waals surface area contributed by atoms with Crippen LogP contribution in [0.15, 0.2) is 48.5 Å². The summed E-state index contributed by atoms with van der Waals surface area (Å²) in [6.07, 6.45) is 0.781. The second-order valence-corrected chi connectivity index (χ2v) is 7.11. The maximum absolute atomic E-state index is 12.4. The van der Waals surface area contributed by atoms with E-state index in [-0.39, 0.29) is 23.8 Å². The Balaban J connectivity index is 1.57. The van der Waals surface area contributed by atoms with Crippen molar-refractivity contribution in [3.05, 3.63) is 59.7 Å². The average Bonchev–Trinajstić information content (AvgIpc) is 3.17. The topological polar surface area (TPSA) is 90.5 Å². The van der Waals surface area contributed by atoms with E-state index in [1.807, 2.05) is 38.1 Å². The Morgan fingerprint density at radius 3 is 2.59 bits per heavy atom. The van der Waals surface area contributed by atoms with Gasteiger partial charge in [0.1, 0.15) is 0 Å². The molecule has 3 N–H and O–H groups in total. The van der Waals surface area contributed by atoms with Crippen molar-refractivity contribution in [3.8, 4) is 0 Å². The molecule has 0 aromatic heterocycles. The number of carbonyl (C=O) groups is 3. The maximum Gasteiger partial charge on any atom is 0.321 e. The molecule has 1 aliphatic rings. The fraction of sp³-hybridized carbons (Fsp3) is 0.318. The Morgan fingerprint density at radius 1 is 1.17 bits per heavy atom. The lowest BCUT2D eigenvalue weighted by Gasteiger charge is -2.14. The Labute approximate surface area is 170 Å². The van der Waals surface area contributed by atoms with Crippen LogP contribution in [0.5, 0.6) is 0 Å². The summed E-state index contributed by atoms with van der Waals surface area (Å²) in [5.74, 6) is -0.259. The molecule has 0 spiro atoms. The van der Waals surface area contributed by atoms with Gasteiger partial charge in [0.25, 0.3) is 5.91 Å². The molecule has 29 heavy (non-hydrogen) atoms. The summed E-state index contributed by atoms with van der Waals surface area (Å²) in [5, 5.41) is 8.53. The van der Waals surface area contributed by atoms with Crippen LogP contribution < -0.4 is 20.9 Å². The molecular formula is C22H26N4O3.